The molecule has 5 heteroatoms. The lowest BCUT2D eigenvalue weighted by Gasteiger charge is -2.11. The predicted octanol–water partition coefficient (Wildman–Crippen LogP) is -0.167. The number of carbonyl (C=O) groups is 1. The molecule has 66 valence electrons. The van der Waals surface area contributed by atoms with Crippen molar-refractivity contribution in [3.8, 4) is 0 Å². The molecular weight excluding hydrogens is 164 g/mol. The average molecular weight is 178 g/mol. The van der Waals surface area contributed by atoms with E-state index >= 15 is 0 Å². The highest BCUT2D eigenvalue weighted by Gasteiger charge is 2.13. The number of rotatable bonds is 5. The molecular formula is C6H14N2O2S. The highest BCUT2D eigenvalue weighted by Crippen LogP contribution is 1.99. The minimum atomic E-state index is -0.374. The van der Waals surface area contributed by atoms with Crippen molar-refractivity contribution in [2.24, 2.45) is 0 Å². The summed E-state index contributed by atoms with van der Waals surface area (Å²) < 4.78 is 0. The van der Waals surface area contributed by atoms with E-state index in [2.05, 4.69) is 5.32 Å². The Labute approximate surface area is 70.7 Å². The molecule has 0 aliphatic carbocycles. The fraction of sp³-hybridized carbons (Fsp3) is 0.833. The van der Waals surface area contributed by atoms with Gasteiger partial charge in [0.05, 0.1) is 6.04 Å². The SMILES string of the molecule is CNC(CCSC)C(=O)NO. The lowest BCUT2D eigenvalue weighted by atomic mass is 10.2. The van der Waals surface area contributed by atoms with E-state index in [0.29, 0.717) is 0 Å². The Hall–Kier alpha value is -0.260. The number of hydrogen-bond donors (Lipinski definition) is 3. The summed E-state index contributed by atoms with van der Waals surface area (Å²) in [5.41, 5.74) is 1.61. The van der Waals surface area contributed by atoms with Gasteiger partial charge in [0.1, 0.15) is 0 Å². The molecule has 0 saturated heterocycles. The molecule has 1 atom stereocenters. The standard InChI is InChI=1S/C6H14N2O2S/c1-7-5(3-4-11-2)6(9)8-10/h5,7,10H,3-4H2,1-2H3,(H,8,9). The Balaban J connectivity index is 3.65. The predicted molar refractivity (Wildman–Crippen MR) is 45.8 cm³/mol. The van der Waals surface area contributed by atoms with Crippen molar-refractivity contribution in [1.29, 1.82) is 0 Å². The first kappa shape index (κ1) is 10.7. The second-order valence-corrected chi connectivity index (χ2v) is 3.08. The van der Waals surface area contributed by atoms with Crippen molar-refractivity contribution in [2.75, 3.05) is 19.1 Å². The van der Waals surface area contributed by atoms with Crippen LogP contribution in [0.1, 0.15) is 6.42 Å². The van der Waals surface area contributed by atoms with Gasteiger partial charge in [0.15, 0.2) is 0 Å². The van der Waals surface area contributed by atoms with Crippen LogP contribution in [0.5, 0.6) is 0 Å². The largest absolute Gasteiger partial charge is 0.309 e. The maximum atomic E-state index is 10.8. The number of thioether (sulfide) groups is 1. The molecule has 1 unspecified atom stereocenters. The number of carbonyl (C=O) groups excluding carboxylic acids is 1. The van der Waals surface area contributed by atoms with Crippen LogP contribution in [0.15, 0.2) is 0 Å². The van der Waals surface area contributed by atoms with Crippen LogP contribution in [-0.4, -0.2) is 36.2 Å². The lowest BCUT2D eigenvalue weighted by molar-refractivity contribution is -0.131. The Morgan fingerprint density at radius 1 is 1.73 bits per heavy atom. The summed E-state index contributed by atoms with van der Waals surface area (Å²) in [6.07, 6.45) is 2.70. The second-order valence-electron chi connectivity index (χ2n) is 2.10. The van der Waals surface area contributed by atoms with Crippen molar-refractivity contribution in [3.05, 3.63) is 0 Å². The maximum Gasteiger partial charge on any atom is 0.260 e. The van der Waals surface area contributed by atoms with Crippen LogP contribution in [0.2, 0.25) is 0 Å². The van der Waals surface area contributed by atoms with E-state index in [0.717, 1.165) is 12.2 Å². The normalized spacial score (nSPS) is 12.6. The summed E-state index contributed by atoms with van der Waals surface area (Å²) in [4.78, 5) is 10.8. The zero-order valence-electron chi connectivity index (χ0n) is 6.76. The van der Waals surface area contributed by atoms with Crippen LogP contribution in [-0.2, 0) is 4.79 Å². The number of likely N-dealkylation sites (N-methyl/N-ethyl adjacent to an activating group) is 1. The smallest absolute Gasteiger partial charge is 0.260 e. The third-order valence-electron chi connectivity index (χ3n) is 1.39. The van der Waals surface area contributed by atoms with Crippen molar-refractivity contribution in [1.82, 2.24) is 10.8 Å². The first-order chi connectivity index (χ1) is 5.26. The fourth-order valence-electron chi connectivity index (χ4n) is 0.720. The van der Waals surface area contributed by atoms with Gasteiger partial charge in [0.25, 0.3) is 5.91 Å². The summed E-state index contributed by atoms with van der Waals surface area (Å²) >= 11 is 1.67. The van der Waals surface area contributed by atoms with Gasteiger partial charge < -0.3 is 5.32 Å². The van der Waals surface area contributed by atoms with Gasteiger partial charge in [0.2, 0.25) is 0 Å². The summed E-state index contributed by atoms with van der Waals surface area (Å²) in [7, 11) is 1.69. The van der Waals surface area contributed by atoms with Crippen molar-refractivity contribution in [3.63, 3.8) is 0 Å². The Morgan fingerprint density at radius 2 is 2.36 bits per heavy atom. The molecule has 0 spiro atoms. The third kappa shape index (κ3) is 4.23. The molecule has 3 N–H and O–H groups in total. The zero-order valence-corrected chi connectivity index (χ0v) is 7.57. The first-order valence-corrected chi connectivity index (χ1v) is 4.75. The van der Waals surface area contributed by atoms with Crippen LogP contribution in [0.25, 0.3) is 0 Å². The van der Waals surface area contributed by atoms with E-state index in [1.54, 1.807) is 24.3 Å². The minimum Gasteiger partial charge on any atom is -0.309 e. The molecule has 0 saturated carbocycles. The topological polar surface area (TPSA) is 61.4 Å². The van der Waals surface area contributed by atoms with Crippen LogP contribution in [0, 0.1) is 0 Å². The molecule has 0 aromatic carbocycles. The fourth-order valence-corrected chi connectivity index (χ4v) is 1.19. The summed E-state index contributed by atoms with van der Waals surface area (Å²) in [5.74, 6) is 0.528. The Bertz CT molecular complexity index is 121. The van der Waals surface area contributed by atoms with Crippen LogP contribution in [0.4, 0.5) is 0 Å². The molecule has 0 radical (unpaired) electrons. The van der Waals surface area contributed by atoms with Gasteiger partial charge >= 0.3 is 0 Å². The zero-order chi connectivity index (χ0) is 8.69. The molecule has 0 rings (SSSR count). The number of amides is 1. The molecule has 0 bridgehead atoms. The number of hydroxylamine groups is 1. The average Bonchev–Trinajstić information content (AvgIpc) is 2.05. The Morgan fingerprint density at radius 3 is 2.73 bits per heavy atom. The molecule has 0 aromatic rings. The summed E-state index contributed by atoms with van der Waals surface area (Å²) in [6.45, 7) is 0. The van der Waals surface area contributed by atoms with E-state index < -0.39 is 0 Å². The quantitative estimate of drug-likeness (QED) is 0.404. The molecule has 0 aliphatic heterocycles. The van der Waals surface area contributed by atoms with Crippen LogP contribution < -0.4 is 10.8 Å². The maximum absolute atomic E-state index is 10.8. The molecule has 0 aliphatic rings. The van der Waals surface area contributed by atoms with Gasteiger partial charge in [-0.25, -0.2) is 5.48 Å². The van der Waals surface area contributed by atoms with Crippen LogP contribution >= 0.6 is 11.8 Å². The number of hydrogen-bond acceptors (Lipinski definition) is 4. The highest BCUT2D eigenvalue weighted by atomic mass is 32.2. The highest BCUT2D eigenvalue weighted by molar-refractivity contribution is 7.98. The molecule has 4 nitrogen and oxygen atoms in total. The van der Waals surface area contributed by atoms with Gasteiger partial charge in [-0.3, -0.25) is 10.0 Å². The van der Waals surface area contributed by atoms with Gasteiger partial charge in [-0.15, -0.1) is 0 Å². The van der Waals surface area contributed by atoms with E-state index in [4.69, 9.17) is 5.21 Å². The third-order valence-corrected chi connectivity index (χ3v) is 2.03. The van der Waals surface area contributed by atoms with Crippen LogP contribution in [0.3, 0.4) is 0 Å². The first-order valence-electron chi connectivity index (χ1n) is 3.36. The van der Waals surface area contributed by atoms with E-state index in [-0.39, 0.29) is 11.9 Å². The molecule has 0 fully saturated rings. The summed E-state index contributed by atoms with van der Waals surface area (Å²) in [6, 6.07) is -0.285. The van der Waals surface area contributed by atoms with Gasteiger partial charge in [-0.1, -0.05) is 0 Å². The number of nitrogens with one attached hydrogen (secondary N) is 2. The van der Waals surface area contributed by atoms with E-state index in [1.807, 2.05) is 6.26 Å². The van der Waals surface area contributed by atoms with Crippen molar-refractivity contribution in [2.45, 2.75) is 12.5 Å². The summed E-state index contributed by atoms with van der Waals surface area (Å²) in [5, 5.41) is 11.1. The van der Waals surface area contributed by atoms with Crippen molar-refractivity contribution < 1.29 is 10.0 Å². The Kier molecular flexibility index (Phi) is 6.30. The van der Waals surface area contributed by atoms with Crippen molar-refractivity contribution >= 4 is 17.7 Å². The van der Waals surface area contributed by atoms with Gasteiger partial charge in [-0.2, -0.15) is 11.8 Å². The lowest BCUT2D eigenvalue weighted by Crippen LogP contribution is -2.41. The minimum absolute atomic E-state index is 0.285. The van der Waals surface area contributed by atoms with E-state index in [1.165, 1.54) is 0 Å². The molecule has 0 aromatic heterocycles. The van der Waals surface area contributed by atoms with Gasteiger partial charge in [-0.05, 0) is 25.5 Å². The van der Waals surface area contributed by atoms with Gasteiger partial charge in [0, 0.05) is 0 Å². The molecule has 1 amide bonds. The second kappa shape index (κ2) is 6.45. The molecule has 0 heterocycles. The van der Waals surface area contributed by atoms with E-state index in [9.17, 15) is 4.79 Å². The molecule has 11 heavy (non-hydrogen) atoms. The monoisotopic (exact) mass is 178 g/mol.